The van der Waals surface area contributed by atoms with E-state index < -0.39 is 0 Å². The first-order chi connectivity index (χ1) is 17.2. The van der Waals surface area contributed by atoms with Crippen molar-refractivity contribution in [1.82, 2.24) is 9.55 Å². The zero-order valence-corrected chi connectivity index (χ0v) is 20.5. The molecule has 0 spiro atoms. The maximum Gasteiger partial charge on any atom is 0.336 e. The van der Waals surface area contributed by atoms with Crippen LogP contribution in [0.2, 0.25) is 0 Å². The van der Waals surface area contributed by atoms with Gasteiger partial charge in [0.1, 0.15) is 0 Å². The first-order valence-electron chi connectivity index (χ1n) is 12.5. The Balaban J connectivity index is 1.56. The van der Waals surface area contributed by atoms with E-state index in [0.29, 0.717) is 6.54 Å². The van der Waals surface area contributed by atoms with Crippen LogP contribution >= 0.6 is 0 Å². The second-order valence-electron chi connectivity index (χ2n) is 9.21. The van der Waals surface area contributed by atoms with Gasteiger partial charge in [-0.2, -0.15) is 0 Å². The normalized spacial score (nSPS) is 15.8. The predicted octanol–water partition coefficient (Wildman–Crippen LogP) is 6.03. The van der Waals surface area contributed by atoms with E-state index in [1.54, 1.807) is 0 Å². The SMILES string of the molecule is CCCCN1c2nc3ccccc3n2C(=O)N(c2ccccc2)CC1CCN(C)c1ccccc1. The smallest absolute Gasteiger partial charge is 0.336 e. The molecule has 5 rings (SSSR count). The van der Waals surface area contributed by atoms with Gasteiger partial charge in [-0.1, -0.05) is 61.9 Å². The second kappa shape index (κ2) is 10.2. The maximum atomic E-state index is 14.0. The van der Waals surface area contributed by atoms with Crippen LogP contribution in [0, 0.1) is 0 Å². The Bertz CT molecular complexity index is 1270. The van der Waals surface area contributed by atoms with Gasteiger partial charge in [0.15, 0.2) is 0 Å². The van der Waals surface area contributed by atoms with E-state index >= 15 is 0 Å². The molecule has 0 fully saturated rings. The number of fused-ring (bicyclic) bond motifs is 3. The molecule has 2 heterocycles. The molecule has 6 heteroatoms. The van der Waals surface area contributed by atoms with E-state index in [0.717, 1.165) is 55.0 Å². The Morgan fingerprint density at radius 3 is 2.37 bits per heavy atom. The highest BCUT2D eigenvalue weighted by Gasteiger charge is 2.35. The third-order valence-electron chi connectivity index (χ3n) is 6.87. The summed E-state index contributed by atoms with van der Waals surface area (Å²) in [5.74, 6) is 0.760. The number of carbonyl (C=O) groups excluding carboxylic acids is 1. The van der Waals surface area contributed by atoms with Crippen LogP contribution in [-0.2, 0) is 0 Å². The third kappa shape index (κ3) is 4.61. The van der Waals surface area contributed by atoms with Gasteiger partial charge < -0.3 is 9.80 Å². The number of imidazole rings is 1. The summed E-state index contributed by atoms with van der Waals surface area (Å²) in [5.41, 5.74) is 3.83. The summed E-state index contributed by atoms with van der Waals surface area (Å²) in [6.45, 7) is 4.58. The van der Waals surface area contributed by atoms with Crippen molar-refractivity contribution in [2.45, 2.75) is 32.2 Å². The minimum absolute atomic E-state index is 0.0414. The summed E-state index contributed by atoms with van der Waals surface area (Å²) in [6, 6.07) is 28.5. The van der Waals surface area contributed by atoms with E-state index in [9.17, 15) is 4.79 Å². The highest BCUT2D eigenvalue weighted by atomic mass is 16.2. The average Bonchev–Trinajstić information content (AvgIpc) is 3.24. The molecule has 0 aliphatic carbocycles. The first kappa shape index (κ1) is 23.0. The van der Waals surface area contributed by atoms with Crippen LogP contribution in [0.15, 0.2) is 84.9 Å². The van der Waals surface area contributed by atoms with Gasteiger partial charge in [0.25, 0.3) is 0 Å². The minimum Gasteiger partial charge on any atom is -0.375 e. The molecule has 0 radical (unpaired) electrons. The van der Waals surface area contributed by atoms with Crippen molar-refractivity contribution in [3.8, 4) is 0 Å². The molecule has 1 amide bonds. The third-order valence-corrected chi connectivity index (χ3v) is 6.87. The fourth-order valence-electron chi connectivity index (χ4n) is 4.90. The van der Waals surface area contributed by atoms with Crippen molar-refractivity contribution in [2.24, 2.45) is 0 Å². The summed E-state index contributed by atoms with van der Waals surface area (Å²) in [6.07, 6.45) is 3.05. The lowest BCUT2D eigenvalue weighted by atomic mass is 10.1. The molecule has 35 heavy (non-hydrogen) atoms. The monoisotopic (exact) mass is 467 g/mol. The Kier molecular flexibility index (Phi) is 6.70. The van der Waals surface area contributed by atoms with Gasteiger partial charge in [-0.15, -0.1) is 0 Å². The molecule has 180 valence electrons. The number of unbranched alkanes of at least 4 members (excludes halogenated alkanes) is 1. The predicted molar refractivity (Wildman–Crippen MR) is 145 cm³/mol. The lowest BCUT2D eigenvalue weighted by molar-refractivity contribution is 0.249. The van der Waals surface area contributed by atoms with Crippen LogP contribution in [0.5, 0.6) is 0 Å². The lowest BCUT2D eigenvalue weighted by Gasteiger charge is -2.33. The summed E-state index contributed by atoms with van der Waals surface area (Å²) >= 11 is 0. The molecule has 0 N–H and O–H groups in total. The van der Waals surface area contributed by atoms with Crippen LogP contribution in [0.4, 0.5) is 22.1 Å². The highest BCUT2D eigenvalue weighted by molar-refractivity contribution is 6.02. The van der Waals surface area contributed by atoms with Crippen molar-refractivity contribution in [1.29, 1.82) is 0 Å². The maximum absolute atomic E-state index is 14.0. The Labute approximate surface area is 207 Å². The molecular weight excluding hydrogens is 434 g/mol. The van der Waals surface area contributed by atoms with Gasteiger partial charge in [-0.05, 0) is 49.2 Å². The molecule has 3 aromatic carbocycles. The molecule has 1 aliphatic heterocycles. The van der Waals surface area contributed by atoms with Gasteiger partial charge in [0.05, 0.1) is 17.1 Å². The molecule has 0 saturated carbocycles. The van der Waals surface area contributed by atoms with Gasteiger partial charge in [0.2, 0.25) is 5.95 Å². The minimum atomic E-state index is -0.0414. The van der Waals surface area contributed by atoms with E-state index in [-0.39, 0.29) is 12.1 Å². The number of nitrogens with zero attached hydrogens (tertiary/aromatic N) is 5. The molecule has 1 unspecified atom stereocenters. The molecule has 1 aliphatic rings. The van der Waals surface area contributed by atoms with E-state index in [4.69, 9.17) is 4.98 Å². The molecule has 1 atom stereocenters. The second-order valence-corrected chi connectivity index (χ2v) is 9.21. The number of rotatable bonds is 8. The molecule has 4 aromatic rings. The van der Waals surface area contributed by atoms with Crippen molar-refractivity contribution in [2.75, 3.05) is 41.4 Å². The van der Waals surface area contributed by atoms with Gasteiger partial charge in [-0.25, -0.2) is 14.3 Å². The number of hydrogen-bond acceptors (Lipinski definition) is 4. The largest absolute Gasteiger partial charge is 0.375 e. The van der Waals surface area contributed by atoms with E-state index in [1.165, 1.54) is 5.69 Å². The number of aromatic nitrogens is 2. The Hall–Kier alpha value is -3.80. The topological polar surface area (TPSA) is 44.6 Å². The van der Waals surface area contributed by atoms with Gasteiger partial charge >= 0.3 is 6.03 Å². The average molecular weight is 468 g/mol. The van der Waals surface area contributed by atoms with Crippen molar-refractivity contribution in [3.05, 3.63) is 84.9 Å². The van der Waals surface area contributed by atoms with E-state index in [2.05, 4.69) is 48.0 Å². The summed E-state index contributed by atoms with van der Waals surface area (Å²) in [7, 11) is 2.14. The van der Waals surface area contributed by atoms with Crippen LogP contribution in [0.25, 0.3) is 11.0 Å². The van der Waals surface area contributed by atoms with Crippen LogP contribution in [-0.4, -0.2) is 48.3 Å². The quantitative estimate of drug-likeness (QED) is 0.318. The molecule has 0 saturated heterocycles. The fourth-order valence-corrected chi connectivity index (χ4v) is 4.90. The van der Waals surface area contributed by atoms with Crippen molar-refractivity contribution >= 4 is 34.4 Å². The summed E-state index contributed by atoms with van der Waals surface area (Å²) in [4.78, 5) is 25.6. The summed E-state index contributed by atoms with van der Waals surface area (Å²) in [5, 5.41) is 0. The number of anilines is 3. The van der Waals surface area contributed by atoms with Gasteiger partial charge in [-0.3, -0.25) is 4.90 Å². The summed E-state index contributed by atoms with van der Waals surface area (Å²) < 4.78 is 1.82. The molecule has 0 bridgehead atoms. The standard InChI is InChI=1S/C29H33N5O/c1-3-4-20-32-25(19-21-31(2)23-13-7-5-8-14-23)22-33(24-15-9-6-10-16-24)29(35)34-27-18-12-11-17-26(27)30-28(32)34/h5-18,25H,3-4,19-22H2,1-2H3. The lowest BCUT2D eigenvalue weighted by Crippen LogP contribution is -2.45. The molecule has 6 nitrogen and oxygen atoms in total. The van der Waals surface area contributed by atoms with Gasteiger partial charge in [0, 0.05) is 38.1 Å². The Morgan fingerprint density at radius 2 is 1.63 bits per heavy atom. The zero-order chi connectivity index (χ0) is 24.2. The van der Waals surface area contributed by atoms with Crippen molar-refractivity contribution in [3.63, 3.8) is 0 Å². The number of para-hydroxylation sites is 4. The zero-order valence-electron chi connectivity index (χ0n) is 20.5. The van der Waals surface area contributed by atoms with E-state index in [1.807, 2.05) is 70.1 Å². The fraction of sp³-hybridized carbons (Fsp3) is 0.310. The number of benzene rings is 3. The molecular formula is C29H33N5O. The molecule has 1 aromatic heterocycles. The van der Waals surface area contributed by atoms with Crippen LogP contribution < -0.4 is 14.7 Å². The van der Waals surface area contributed by atoms with Crippen molar-refractivity contribution < 1.29 is 4.79 Å². The highest BCUT2D eigenvalue weighted by Crippen LogP contribution is 2.31. The number of amides is 1. The Morgan fingerprint density at radius 1 is 0.943 bits per heavy atom. The van der Waals surface area contributed by atoms with Crippen LogP contribution in [0.1, 0.15) is 26.2 Å². The number of carbonyl (C=O) groups is 1. The number of hydrogen-bond donors (Lipinski definition) is 0. The first-order valence-corrected chi connectivity index (χ1v) is 12.5. The van der Waals surface area contributed by atoms with Crippen LogP contribution in [0.3, 0.4) is 0 Å².